The van der Waals surface area contributed by atoms with Crippen LogP contribution in [0.5, 0.6) is 0 Å². The molecule has 2 aliphatic carbocycles. The van der Waals surface area contributed by atoms with Crippen molar-refractivity contribution in [3.8, 4) is 0 Å². The van der Waals surface area contributed by atoms with Crippen LogP contribution in [0.1, 0.15) is 93.4 Å². The topological polar surface area (TPSA) is 43.9 Å². The molecule has 0 spiro atoms. The van der Waals surface area contributed by atoms with Crippen LogP contribution >= 0.6 is 12.2 Å². The molecule has 1 saturated heterocycles. The molecule has 3 aliphatic rings. The lowest BCUT2D eigenvalue weighted by molar-refractivity contribution is -0.136. The van der Waals surface area contributed by atoms with Gasteiger partial charge in [-0.1, -0.05) is 112 Å². The average Bonchev–Trinajstić information content (AvgIpc) is 3.08. The van der Waals surface area contributed by atoms with Crippen molar-refractivity contribution in [1.82, 2.24) is 9.80 Å². The first-order valence-corrected chi connectivity index (χ1v) is 17.3. The van der Waals surface area contributed by atoms with Crippen LogP contribution in [-0.4, -0.2) is 38.8 Å². The van der Waals surface area contributed by atoms with Crippen molar-refractivity contribution in [2.75, 3.05) is 4.90 Å². The van der Waals surface area contributed by atoms with E-state index < -0.39 is 0 Å². The van der Waals surface area contributed by atoms with Crippen molar-refractivity contribution in [3.63, 3.8) is 0 Å². The number of carbonyl (C=O) groups excluding carboxylic acids is 2. The molecule has 0 aromatic heterocycles. The van der Waals surface area contributed by atoms with E-state index in [2.05, 4.69) is 90.7 Å². The Bertz CT molecular complexity index is 1440. The summed E-state index contributed by atoms with van der Waals surface area (Å²) in [6.07, 6.45) is 13.2. The Balaban J connectivity index is 1.35. The number of thiocarbonyl (C=S) groups is 1. The van der Waals surface area contributed by atoms with Crippen LogP contribution in [0.15, 0.2) is 84.4 Å². The van der Waals surface area contributed by atoms with Gasteiger partial charge in [0.1, 0.15) is 5.57 Å². The number of nitrogens with zero attached hydrogens (tertiary/aromatic N) is 3. The summed E-state index contributed by atoms with van der Waals surface area (Å²) >= 11 is 5.95. The second kappa shape index (κ2) is 14.6. The second-order valence-electron chi connectivity index (χ2n) is 12.8. The second-order valence-corrected chi connectivity index (χ2v) is 13.2. The third kappa shape index (κ3) is 7.06. The molecular formula is C39H45N3O2S. The minimum atomic E-state index is -0.221. The Morgan fingerprint density at radius 2 is 1.20 bits per heavy atom. The highest BCUT2D eigenvalue weighted by atomic mass is 32.1. The van der Waals surface area contributed by atoms with Gasteiger partial charge >= 0.3 is 0 Å². The molecule has 45 heavy (non-hydrogen) atoms. The standard InChI is InChI=1S/C39H45N3O2S/c1-2-32-25-31(23-24-36(32)40(27-29-15-7-3-8-16-29)28-30-17-9-4-10-18-30)26-35-37(43)41(33-19-11-5-12-20-33)39(45)42(38(35)44)34-21-13-6-14-22-34/h3-4,7-10,15-18,23-26,33-34H,2,5-6,11-14,19-22,27-28H2,1H3. The number of anilines is 1. The summed E-state index contributed by atoms with van der Waals surface area (Å²) in [4.78, 5) is 34.3. The Morgan fingerprint density at radius 1 is 0.711 bits per heavy atom. The molecule has 3 aromatic carbocycles. The first-order valence-electron chi connectivity index (χ1n) is 16.9. The molecule has 6 heteroatoms. The van der Waals surface area contributed by atoms with Crippen LogP contribution in [0, 0.1) is 0 Å². The first kappa shape index (κ1) is 31.2. The van der Waals surface area contributed by atoms with Crippen LogP contribution in [0.25, 0.3) is 6.08 Å². The monoisotopic (exact) mass is 619 g/mol. The van der Waals surface area contributed by atoms with Crippen LogP contribution < -0.4 is 4.90 Å². The quantitative estimate of drug-likeness (QED) is 0.137. The number of hydrogen-bond acceptors (Lipinski definition) is 4. The SMILES string of the molecule is CCc1cc(C=C2C(=O)N(C3CCCCC3)C(=S)N(C3CCCCC3)C2=O)ccc1N(Cc1ccccc1)Cc1ccccc1. The summed E-state index contributed by atoms with van der Waals surface area (Å²) in [6, 6.07) is 27.7. The van der Waals surface area contributed by atoms with Gasteiger partial charge in [-0.2, -0.15) is 0 Å². The van der Waals surface area contributed by atoms with Crippen LogP contribution in [0.4, 0.5) is 5.69 Å². The van der Waals surface area contributed by atoms with E-state index in [1.807, 2.05) is 15.9 Å². The van der Waals surface area contributed by atoms with E-state index in [-0.39, 0.29) is 29.5 Å². The van der Waals surface area contributed by atoms with Gasteiger partial charge in [0, 0.05) is 30.9 Å². The number of hydrogen-bond donors (Lipinski definition) is 0. The fraction of sp³-hybridized carbons (Fsp3) is 0.410. The molecule has 2 amide bonds. The molecule has 0 radical (unpaired) electrons. The molecule has 2 saturated carbocycles. The van der Waals surface area contributed by atoms with Crippen LogP contribution in [0.2, 0.25) is 0 Å². The Labute approximate surface area is 273 Å². The molecule has 0 bridgehead atoms. The van der Waals surface area contributed by atoms with Gasteiger partial charge in [0.2, 0.25) is 0 Å². The van der Waals surface area contributed by atoms with Crippen LogP contribution in [0.3, 0.4) is 0 Å². The minimum Gasteiger partial charge on any atom is -0.363 e. The summed E-state index contributed by atoms with van der Waals surface area (Å²) in [7, 11) is 0. The number of aryl methyl sites for hydroxylation is 1. The van der Waals surface area contributed by atoms with Crippen molar-refractivity contribution in [2.45, 2.75) is 103 Å². The number of carbonyl (C=O) groups is 2. The fourth-order valence-electron chi connectivity index (χ4n) is 7.37. The zero-order valence-electron chi connectivity index (χ0n) is 26.5. The zero-order chi connectivity index (χ0) is 31.2. The van der Waals surface area contributed by atoms with Crippen molar-refractivity contribution in [1.29, 1.82) is 0 Å². The molecular weight excluding hydrogens is 575 g/mol. The predicted molar refractivity (Wildman–Crippen MR) is 187 cm³/mol. The molecule has 6 rings (SSSR count). The van der Waals surface area contributed by atoms with E-state index in [0.717, 1.165) is 76.4 Å². The van der Waals surface area contributed by atoms with Crippen molar-refractivity contribution in [3.05, 3.63) is 107 Å². The molecule has 234 valence electrons. The highest BCUT2D eigenvalue weighted by Gasteiger charge is 2.45. The van der Waals surface area contributed by atoms with Gasteiger partial charge < -0.3 is 4.90 Å². The number of benzene rings is 3. The van der Waals surface area contributed by atoms with E-state index in [9.17, 15) is 9.59 Å². The Hall–Kier alpha value is -3.77. The van der Waals surface area contributed by atoms with Crippen molar-refractivity contribution >= 4 is 40.9 Å². The summed E-state index contributed by atoms with van der Waals surface area (Å²) in [5.41, 5.74) is 5.99. The molecule has 5 nitrogen and oxygen atoms in total. The first-order chi connectivity index (χ1) is 22.0. The lowest BCUT2D eigenvalue weighted by atomic mass is 9.90. The van der Waals surface area contributed by atoms with E-state index in [0.29, 0.717) is 5.11 Å². The van der Waals surface area contributed by atoms with E-state index >= 15 is 0 Å². The maximum Gasteiger partial charge on any atom is 0.265 e. The molecule has 1 aliphatic heterocycles. The lowest BCUT2D eigenvalue weighted by Crippen LogP contribution is -2.62. The van der Waals surface area contributed by atoms with Gasteiger partial charge in [-0.25, -0.2) is 0 Å². The summed E-state index contributed by atoms with van der Waals surface area (Å²) in [5, 5.41) is 0.433. The molecule has 0 atom stereocenters. The third-order valence-electron chi connectivity index (χ3n) is 9.76. The van der Waals surface area contributed by atoms with Crippen LogP contribution in [-0.2, 0) is 29.1 Å². The molecule has 3 fully saturated rings. The van der Waals surface area contributed by atoms with Gasteiger partial charge in [0.05, 0.1) is 0 Å². The smallest absolute Gasteiger partial charge is 0.265 e. The normalized spacial score (nSPS) is 18.4. The molecule has 0 N–H and O–H groups in total. The third-order valence-corrected chi connectivity index (χ3v) is 10.2. The summed E-state index contributed by atoms with van der Waals surface area (Å²) in [6.45, 7) is 3.73. The van der Waals surface area contributed by atoms with Gasteiger partial charge in [0.15, 0.2) is 5.11 Å². The Morgan fingerprint density at radius 3 is 1.67 bits per heavy atom. The van der Waals surface area contributed by atoms with Crippen molar-refractivity contribution in [2.24, 2.45) is 0 Å². The lowest BCUT2D eigenvalue weighted by Gasteiger charge is -2.45. The maximum atomic E-state index is 14.1. The highest BCUT2D eigenvalue weighted by molar-refractivity contribution is 7.80. The molecule has 0 unspecified atom stereocenters. The maximum absolute atomic E-state index is 14.1. The zero-order valence-corrected chi connectivity index (χ0v) is 27.3. The highest BCUT2D eigenvalue weighted by Crippen LogP contribution is 2.34. The fourth-order valence-corrected chi connectivity index (χ4v) is 7.84. The molecule has 1 heterocycles. The average molecular weight is 620 g/mol. The van der Waals surface area contributed by atoms with E-state index in [1.165, 1.54) is 35.2 Å². The Kier molecular flexibility index (Phi) is 10.1. The van der Waals surface area contributed by atoms with Gasteiger partial charge in [-0.15, -0.1) is 0 Å². The predicted octanol–water partition coefficient (Wildman–Crippen LogP) is 8.46. The van der Waals surface area contributed by atoms with Gasteiger partial charge in [-0.05, 0) is 84.8 Å². The summed E-state index contributed by atoms with van der Waals surface area (Å²) in [5.74, 6) is -0.443. The van der Waals surface area contributed by atoms with Gasteiger partial charge in [0.25, 0.3) is 11.8 Å². The van der Waals surface area contributed by atoms with Crippen molar-refractivity contribution < 1.29 is 9.59 Å². The van der Waals surface area contributed by atoms with Gasteiger partial charge in [-0.3, -0.25) is 19.4 Å². The number of rotatable bonds is 9. The summed E-state index contributed by atoms with van der Waals surface area (Å²) < 4.78 is 0. The van der Waals surface area contributed by atoms with E-state index in [1.54, 1.807) is 0 Å². The molecule has 3 aromatic rings. The minimum absolute atomic E-state index is 0.0689. The number of amides is 2. The largest absolute Gasteiger partial charge is 0.363 e. The van der Waals surface area contributed by atoms with E-state index in [4.69, 9.17) is 12.2 Å².